The Balaban J connectivity index is 1.87. The van der Waals surface area contributed by atoms with Gasteiger partial charge in [-0.3, -0.25) is 0 Å². The zero-order chi connectivity index (χ0) is 17.8. The predicted octanol–water partition coefficient (Wildman–Crippen LogP) is 4.56. The van der Waals surface area contributed by atoms with Gasteiger partial charge in [0.25, 0.3) is 0 Å². The topological polar surface area (TPSA) is 59.1 Å². The van der Waals surface area contributed by atoms with Gasteiger partial charge in [0.05, 0.1) is 7.11 Å². The summed E-state index contributed by atoms with van der Waals surface area (Å²) in [5.74, 6) is -0.129. The molecular formula is C18H16F2N4O. The molecule has 0 bridgehead atoms. The van der Waals surface area contributed by atoms with Crippen molar-refractivity contribution in [3.63, 3.8) is 0 Å². The Kier molecular flexibility index (Phi) is 4.74. The Morgan fingerprint density at radius 2 is 1.64 bits per heavy atom. The molecule has 0 fully saturated rings. The molecule has 3 aromatic rings. The summed E-state index contributed by atoms with van der Waals surface area (Å²) in [5, 5.41) is 5.71. The first kappa shape index (κ1) is 16.6. The molecule has 0 amide bonds. The maximum Gasteiger partial charge on any atom is 0.229 e. The number of hydrogen-bond donors (Lipinski definition) is 2. The average molecular weight is 342 g/mol. The molecule has 0 radical (unpaired) electrons. The predicted molar refractivity (Wildman–Crippen MR) is 92.7 cm³/mol. The van der Waals surface area contributed by atoms with Crippen molar-refractivity contribution in [1.82, 2.24) is 9.97 Å². The molecule has 2 aromatic carbocycles. The molecule has 5 nitrogen and oxygen atoms in total. The highest BCUT2D eigenvalue weighted by molar-refractivity contribution is 5.61. The normalized spacial score (nSPS) is 10.4. The van der Waals surface area contributed by atoms with Crippen molar-refractivity contribution in [3.05, 3.63) is 65.9 Å². The summed E-state index contributed by atoms with van der Waals surface area (Å²) in [6.07, 6.45) is 0. The first-order valence-electron chi connectivity index (χ1n) is 7.53. The van der Waals surface area contributed by atoms with Crippen LogP contribution in [0.5, 0.6) is 5.75 Å². The summed E-state index contributed by atoms with van der Waals surface area (Å²) < 4.78 is 32.8. The fourth-order valence-electron chi connectivity index (χ4n) is 2.26. The first-order valence-corrected chi connectivity index (χ1v) is 7.53. The third-order valence-electron chi connectivity index (χ3n) is 3.40. The van der Waals surface area contributed by atoms with Gasteiger partial charge >= 0.3 is 0 Å². The molecule has 0 aliphatic carbocycles. The number of anilines is 4. The van der Waals surface area contributed by atoms with Crippen LogP contribution < -0.4 is 15.4 Å². The SMILES string of the molecule is COc1cccc(Nc2nc(C)cc(Nc3c(F)cccc3F)n2)c1. The molecule has 25 heavy (non-hydrogen) atoms. The van der Waals surface area contributed by atoms with Crippen LogP contribution in [0.4, 0.5) is 31.9 Å². The lowest BCUT2D eigenvalue weighted by Gasteiger charge is -2.11. The highest BCUT2D eigenvalue weighted by Crippen LogP contribution is 2.24. The molecule has 7 heteroatoms. The molecule has 2 N–H and O–H groups in total. The maximum atomic E-state index is 13.8. The van der Waals surface area contributed by atoms with E-state index in [1.54, 1.807) is 26.2 Å². The minimum Gasteiger partial charge on any atom is -0.497 e. The summed E-state index contributed by atoms with van der Waals surface area (Å²) in [7, 11) is 1.58. The molecule has 0 aliphatic rings. The number of methoxy groups -OCH3 is 1. The third kappa shape index (κ3) is 4.00. The van der Waals surface area contributed by atoms with Gasteiger partial charge in [0.1, 0.15) is 28.9 Å². The minimum atomic E-state index is -0.696. The number of nitrogens with zero attached hydrogens (tertiary/aromatic N) is 2. The first-order chi connectivity index (χ1) is 12.0. The number of aromatic nitrogens is 2. The van der Waals surface area contributed by atoms with Crippen molar-refractivity contribution >= 4 is 23.1 Å². The van der Waals surface area contributed by atoms with Gasteiger partial charge in [-0.05, 0) is 31.2 Å². The quantitative estimate of drug-likeness (QED) is 0.712. The zero-order valence-electron chi connectivity index (χ0n) is 13.7. The van der Waals surface area contributed by atoms with Gasteiger partial charge in [-0.15, -0.1) is 0 Å². The summed E-state index contributed by atoms with van der Waals surface area (Å²) in [6, 6.07) is 12.5. The third-order valence-corrected chi connectivity index (χ3v) is 3.40. The maximum absolute atomic E-state index is 13.8. The molecule has 0 saturated heterocycles. The number of rotatable bonds is 5. The summed E-state index contributed by atoms with van der Waals surface area (Å²) >= 11 is 0. The standard InChI is InChI=1S/C18H16F2N4O/c1-11-9-16(23-17-14(19)7-4-8-15(17)20)24-18(21-11)22-12-5-3-6-13(10-12)25-2/h3-10H,1-2H3,(H2,21,22,23,24). The van der Waals surface area contributed by atoms with Gasteiger partial charge in [-0.1, -0.05) is 12.1 Å². The lowest BCUT2D eigenvalue weighted by atomic mass is 10.3. The number of halogens is 2. The van der Waals surface area contributed by atoms with Gasteiger partial charge in [0.2, 0.25) is 5.95 Å². The second-order valence-corrected chi connectivity index (χ2v) is 5.30. The average Bonchev–Trinajstić information content (AvgIpc) is 2.58. The van der Waals surface area contributed by atoms with Crippen molar-refractivity contribution < 1.29 is 13.5 Å². The van der Waals surface area contributed by atoms with Gasteiger partial charge in [-0.2, -0.15) is 4.98 Å². The van der Waals surface area contributed by atoms with Crippen LogP contribution in [0.3, 0.4) is 0 Å². The molecule has 3 rings (SSSR count). The largest absolute Gasteiger partial charge is 0.497 e. The highest BCUT2D eigenvalue weighted by Gasteiger charge is 2.11. The second kappa shape index (κ2) is 7.12. The smallest absolute Gasteiger partial charge is 0.229 e. The van der Waals surface area contributed by atoms with Crippen molar-refractivity contribution in [2.75, 3.05) is 17.7 Å². The van der Waals surface area contributed by atoms with Crippen molar-refractivity contribution in [3.8, 4) is 5.75 Å². The number of ether oxygens (including phenoxy) is 1. The zero-order valence-corrected chi connectivity index (χ0v) is 13.7. The minimum absolute atomic E-state index is 0.257. The Morgan fingerprint density at radius 1 is 0.920 bits per heavy atom. The summed E-state index contributed by atoms with van der Waals surface area (Å²) in [4.78, 5) is 8.53. The molecule has 0 atom stereocenters. The molecule has 0 spiro atoms. The summed E-state index contributed by atoms with van der Waals surface area (Å²) in [6.45, 7) is 1.77. The van der Waals surface area contributed by atoms with E-state index in [4.69, 9.17) is 4.74 Å². The van der Waals surface area contributed by atoms with Crippen molar-refractivity contribution in [2.24, 2.45) is 0 Å². The van der Waals surface area contributed by atoms with E-state index in [0.717, 1.165) is 5.69 Å². The lowest BCUT2D eigenvalue weighted by Crippen LogP contribution is -2.04. The molecule has 0 aliphatic heterocycles. The van der Waals surface area contributed by atoms with Gasteiger partial charge < -0.3 is 15.4 Å². The molecule has 1 aromatic heterocycles. The molecule has 0 saturated carbocycles. The van der Waals surface area contributed by atoms with E-state index >= 15 is 0 Å². The summed E-state index contributed by atoms with van der Waals surface area (Å²) in [5.41, 5.74) is 1.11. The van der Waals surface area contributed by atoms with E-state index in [1.165, 1.54) is 18.2 Å². The fourth-order valence-corrected chi connectivity index (χ4v) is 2.26. The number of benzene rings is 2. The highest BCUT2D eigenvalue weighted by atomic mass is 19.1. The Bertz CT molecular complexity index is 882. The van der Waals surface area contributed by atoms with Crippen LogP contribution in [0.1, 0.15) is 5.69 Å². The van der Waals surface area contributed by atoms with Crippen LogP contribution in [0.15, 0.2) is 48.5 Å². The van der Waals surface area contributed by atoms with Crippen molar-refractivity contribution in [1.29, 1.82) is 0 Å². The van der Waals surface area contributed by atoms with Crippen LogP contribution in [-0.2, 0) is 0 Å². The van der Waals surface area contributed by atoms with E-state index in [-0.39, 0.29) is 11.5 Å². The van der Waals surface area contributed by atoms with Crippen LogP contribution >= 0.6 is 0 Å². The Labute approximate surface area is 143 Å². The number of nitrogens with one attached hydrogen (secondary N) is 2. The van der Waals surface area contributed by atoms with Gasteiger partial charge in [0, 0.05) is 23.5 Å². The molecular weight excluding hydrogens is 326 g/mol. The van der Waals surface area contributed by atoms with Crippen LogP contribution in [0.2, 0.25) is 0 Å². The molecule has 0 unspecified atom stereocenters. The van der Waals surface area contributed by atoms with Crippen LogP contribution in [-0.4, -0.2) is 17.1 Å². The van der Waals surface area contributed by atoms with Crippen molar-refractivity contribution in [2.45, 2.75) is 6.92 Å². The molecule has 128 valence electrons. The van der Waals surface area contributed by atoms with Crippen LogP contribution in [0.25, 0.3) is 0 Å². The van der Waals surface area contributed by atoms with Gasteiger partial charge in [0.15, 0.2) is 0 Å². The van der Waals surface area contributed by atoms with E-state index in [9.17, 15) is 8.78 Å². The number of hydrogen-bond acceptors (Lipinski definition) is 5. The van der Waals surface area contributed by atoms with E-state index in [2.05, 4.69) is 20.6 Å². The monoisotopic (exact) mass is 342 g/mol. The van der Waals surface area contributed by atoms with E-state index in [1.807, 2.05) is 18.2 Å². The van der Waals surface area contributed by atoms with Gasteiger partial charge in [-0.25, -0.2) is 13.8 Å². The molecule has 1 heterocycles. The Morgan fingerprint density at radius 3 is 2.36 bits per heavy atom. The number of aryl methyl sites for hydroxylation is 1. The fraction of sp³-hybridized carbons (Fsp3) is 0.111. The Hall–Kier alpha value is -3.22. The number of para-hydroxylation sites is 1. The second-order valence-electron chi connectivity index (χ2n) is 5.30. The lowest BCUT2D eigenvalue weighted by molar-refractivity contribution is 0.415. The van der Waals surface area contributed by atoms with E-state index < -0.39 is 11.6 Å². The van der Waals surface area contributed by atoms with Crippen LogP contribution in [0, 0.1) is 18.6 Å². The van der Waals surface area contributed by atoms with E-state index in [0.29, 0.717) is 17.4 Å².